The normalized spacial score (nSPS) is 12.2. The Kier molecular flexibility index (Phi) is 5.12. The minimum absolute atomic E-state index is 0.00181. The van der Waals surface area contributed by atoms with Crippen molar-refractivity contribution in [3.8, 4) is 11.5 Å². The van der Waals surface area contributed by atoms with E-state index >= 15 is 0 Å². The van der Waals surface area contributed by atoms with Gasteiger partial charge >= 0.3 is 0 Å². The molecule has 0 bridgehead atoms. The summed E-state index contributed by atoms with van der Waals surface area (Å²) in [5, 5.41) is 0. The summed E-state index contributed by atoms with van der Waals surface area (Å²) in [5.41, 5.74) is 7.08. The lowest BCUT2D eigenvalue weighted by molar-refractivity contribution is 0.325. The summed E-state index contributed by atoms with van der Waals surface area (Å²) < 4.78 is 11.0. The second kappa shape index (κ2) is 6.38. The van der Waals surface area contributed by atoms with Gasteiger partial charge in [-0.25, -0.2) is 0 Å². The number of hydrogen-bond acceptors (Lipinski definition) is 3. The Balaban J connectivity index is 3.00. The number of benzene rings is 1. The molecule has 0 aliphatic heterocycles. The van der Waals surface area contributed by atoms with Crippen LogP contribution in [-0.2, 0) is 0 Å². The van der Waals surface area contributed by atoms with E-state index in [1.54, 1.807) is 0 Å². The zero-order valence-corrected chi connectivity index (χ0v) is 10.3. The van der Waals surface area contributed by atoms with Gasteiger partial charge in [0.1, 0.15) is 11.5 Å². The summed E-state index contributed by atoms with van der Waals surface area (Å²) >= 11 is 0. The third-order valence-corrected chi connectivity index (χ3v) is 2.43. The third-order valence-electron chi connectivity index (χ3n) is 2.43. The van der Waals surface area contributed by atoms with Crippen molar-refractivity contribution >= 4 is 0 Å². The zero-order valence-electron chi connectivity index (χ0n) is 10.3. The molecule has 3 heteroatoms. The second-order valence-electron chi connectivity index (χ2n) is 3.58. The molecule has 1 unspecified atom stereocenters. The maximum atomic E-state index is 6.05. The molecule has 0 amide bonds. The Morgan fingerprint density at radius 1 is 1.12 bits per heavy atom. The number of ether oxygens (including phenoxy) is 2. The molecule has 0 saturated heterocycles. The summed E-state index contributed by atoms with van der Waals surface area (Å²) in [4.78, 5) is 0. The Morgan fingerprint density at radius 3 is 2.38 bits per heavy atom. The van der Waals surface area contributed by atoms with Gasteiger partial charge < -0.3 is 15.2 Å². The predicted molar refractivity (Wildman–Crippen MR) is 66.0 cm³/mol. The van der Waals surface area contributed by atoms with E-state index in [2.05, 4.69) is 6.92 Å². The van der Waals surface area contributed by atoms with E-state index in [4.69, 9.17) is 15.2 Å². The predicted octanol–water partition coefficient (Wildman–Crippen LogP) is 2.89. The lowest BCUT2D eigenvalue weighted by Gasteiger charge is -2.16. The average Bonchev–Trinajstić information content (AvgIpc) is 2.31. The van der Waals surface area contributed by atoms with Crippen LogP contribution in [-0.4, -0.2) is 13.2 Å². The van der Waals surface area contributed by atoms with Crippen LogP contribution < -0.4 is 15.2 Å². The summed E-state index contributed by atoms with van der Waals surface area (Å²) in [6.07, 6.45) is 0.885. The van der Waals surface area contributed by atoms with Crippen LogP contribution in [0.1, 0.15) is 38.8 Å². The molecule has 0 saturated carbocycles. The van der Waals surface area contributed by atoms with Gasteiger partial charge in [-0.2, -0.15) is 0 Å². The van der Waals surface area contributed by atoms with E-state index < -0.39 is 0 Å². The van der Waals surface area contributed by atoms with E-state index in [1.165, 1.54) is 0 Å². The topological polar surface area (TPSA) is 44.5 Å². The van der Waals surface area contributed by atoms with Gasteiger partial charge in [0, 0.05) is 11.6 Å². The van der Waals surface area contributed by atoms with Crippen molar-refractivity contribution in [3.05, 3.63) is 23.8 Å². The highest BCUT2D eigenvalue weighted by Crippen LogP contribution is 2.29. The summed E-state index contributed by atoms with van der Waals surface area (Å²) in [7, 11) is 0. The molecule has 1 rings (SSSR count). The first-order valence-electron chi connectivity index (χ1n) is 5.88. The summed E-state index contributed by atoms with van der Waals surface area (Å²) in [6.45, 7) is 7.31. The zero-order chi connectivity index (χ0) is 12.0. The van der Waals surface area contributed by atoms with E-state index in [-0.39, 0.29) is 6.04 Å². The van der Waals surface area contributed by atoms with Crippen LogP contribution in [0, 0.1) is 0 Å². The molecule has 0 fully saturated rings. The SMILES string of the molecule is CCOc1ccc(OCC)c(C(N)CC)c1. The smallest absolute Gasteiger partial charge is 0.124 e. The van der Waals surface area contributed by atoms with Crippen molar-refractivity contribution in [1.82, 2.24) is 0 Å². The molecular weight excluding hydrogens is 202 g/mol. The van der Waals surface area contributed by atoms with Gasteiger partial charge in [0.15, 0.2) is 0 Å². The van der Waals surface area contributed by atoms with Gasteiger partial charge in [-0.1, -0.05) is 6.92 Å². The summed E-state index contributed by atoms with van der Waals surface area (Å²) in [6, 6.07) is 5.82. The quantitative estimate of drug-likeness (QED) is 0.806. The van der Waals surface area contributed by atoms with E-state index in [9.17, 15) is 0 Å². The fraction of sp³-hybridized carbons (Fsp3) is 0.538. The lowest BCUT2D eigenvalue weighted by Crippen LogP contribution is -2.11. The average molecular weight is 223 g/mol. The fourth-order valence-corrected chi connectivity index (χ4v) is 1.58. The fourth-order valence-electron chi connectivity index (χ4n) is 1.58. The van der Waals surface area contributed by atoms with Gasteiger partial charge in [-0.15, -0.1) is 0 Å². The van der Waals surface area contributed by atoms with Crippen LogP contribution in [0.4, 0.5) is 0 Å². The molecule has 0 aromatic heterocycles. The first-order chi connectivity index (χ1) is 7.72. The molecule has 16 heavy (non-hydrogen) atoms. The Morgan fingerprint density at radius 2 is 1.81 bits per heavy atom. The Labute approximate surface area is 97.6 Å². The van der Waals surface area contributed by atoms with Gasteiger partial charge in [-0.05, 0) is 38.5 Å². The van der Waals surface area contributed by atoms with E-state index in [0.29, 0.717) is 13.2 Å². The molecule has 1 atom stereocenters. The van der Waals surface area contributed by atoms with Gasteiger partial charge in [-0.3, -0.25) is 0 Å². The van der Waals surface area contributed by atoms with Gasteiger partial charge in [0.05, 0.1) is 13.2 Å². The number of nitrogens with two attached hydrogens (primary N) is 1. The van der Waals surface area contributed by atoms with E-state index in [0.717, 1.165) is 23.5 Å². The highest BCUT2D eigenvalue weighted by atomic mass is 16.5. The lowest BCUT2D eigenvalue weighted by atomic mass is 10.0. The van der Waals surface area contributed by atoms with Gasteiger partial charge in [0.25, 0.3) is 0 Å². The second-order valence-corrected chi connectivity index (χ2v) is 3.58. The molecule has 1 aromatic carbocycles. The Hall–Kier alpha value is -1.22. The van der Waals surface area contributed by atoms with Crippen molar-refractivity contribution < 1.29 is 9.47 Å². The number of rotatable bonds is 6. The monoisotopic (exact) mass is 223 g/mol. The van der Waals surface area contributed by atoms with Crippen LogP contribution in [0.15, 0.2) is 18.2 Å². The van der Waals surface area contributed by atoms with Crippen molar-refractivity contribution in [2.24, 2.45) is 5.73 Å². The van der Waals surface area contributed by atoms with Crippen molar-refractivity contribution in [2.75, 3.05) is 13.2 Å². The third kappa shape index (κ3) is 3.14. The molecule has 0 aliphatic carbocycles. The maximum Gasteiger partial charge on any atom is 0.124 e. The largest absolute Gasteiger partial charge is 0.494 e. The minimum atomic E-state index is 0.00181. The van der Waals surface area contributed by atoms with Gasteiger partial charge in [0.2, 0.25) is 0 Å². The van der Waals surface area contributed by atoms with Crippen LogP contribution in [0.2, 0.25) is 0 Å². The molecule has 3 nitrogen and oxygen atoms in total. The molecule has 0 radical (unpaired) electrons. The van der Waals surface area contributed by atoms with Crippen LogP contribution in [0.25, 0.3) is 0 Å². The number of hydrogen-bond donors (Lipinski definition) is 1. The van der Waals surface area contributed by atoms with Crippen molar-refractivity contribution in [1.29, 1.82) is 0 Å². The highest BCUT2D eigenvalue weighted by molar-refractivity contribution is 5.42. The first kappa shape index (κ1) is 12.8. The first-order valence-corrected chi connectivity index (χ1v) is 5.88. The molecule has 0 heterocycles. The van der Waals surface area contributed by atoms with Crippen molar-refractivity contribution in [3.63, 3.8) is 0 Å². The molecule has 0 spiro atoms. The molecule has 0 aliphatic rings. The van der Waals surface area contributed by atoms with Crippen molar-refractivity contribution in [2.45, 2.75) is 33.2 Å². The van der Waals surface area contributed by atoms with Crippen LogP contribution in [0.5, 0.6) is 11.5 Å². The molecule has 90 valence electrons. The summed E-state index contributed by atoms with van der Waals surface area (Å²) in [5.74, 6) is 1.71. The van der Waals surface area contributed by atoms with E-state index in [1.807, 2.05) is 32.0 Å². The highest BCUT2D eigenvalue weighted by Gasteiger charge is 2.11. The molecule has 2 N–H and O–H groups in total. The Bertz CT molecular complexity index is 326. The molecular formula is C13H21NO2. The van der Waals surface area contributed by atoms with Crippen LogP contribution in [0.3, 0.4) is 0 Å². The minimum Gasteiger partial charge on any atom is -0.494 e. The van der Waals surface area contributed by atoms with Crippen LogP contribution >= 0.6 is 0 Å². The standard InChI is InChI=1S/C13H21NO2/c1-4-12(14)11-9-10(15-5-2)7-8-13(11)16-6-3/h7-9,12H,4-6,14H2,1-3H3. The molecule has 1 aromatic rings. The maximum absolute atomic E-state index is 6.05.